The Morgan fingerprint density at radius 3 is 2.26 bits per heavy atom. The minimum atomic E-state index is -4.18. The van der Waals surface area contributed by atoms with Gasteiger partial charge in [0.05, 0.1) is 18.4 Å². The van der Waals surface area contributed by atoms with Gasteiger partial charge >= 0.3 is 11.9 Å². The molecule has 1 aliphatic rings. The molecule has 0 radical (unpaired) electrons. The molecular weight excluding hydrogens is 458 g/mol. The van der Waals surface area contributed by atoms with E-state index < -0.39 is 34.4 Å². The standard InChI is InChI=1S/C25H31NO7S/c1-32-21-12-14-22(15-13-21)34(30,31)26(17-16-23(27)28)24(20-10-6-3-7-11-20)25(29)33-18-19-8-4-2-5-9-19/h2,4-5,8-9,12-15,20,24H,3,6-7,10-11,16-18H2,1H3,(H,27,28). The van der Waals surface area contributed by atoms with Crippen molar-refractivity contribution in [3.8, 4) is 5.75 Å². The van der Waals surface area contributed by atoms with Gasteiger partial charge in [-0.1, -0.05) is 49.6 Å². The van der Waals surface area contributed by atoms with E-state index in [4.69, 9.17) is 9.47 Å². The van der Waals surface area contributed by atoms with Gasteiger partial charge < -0.3 is 14.6 Å². The van der Waals surface area contributed by atoms with E-state index in [0.29, 0.717) is 18.6 Å². The Labute approximate surface area is 200 Å². The second-order valence-electron chi connectivity index (χ2n) is 8.37. The predicted molar refractivity (Wildman–Crippen MR) is 126 cm³/mol. The Hall–Kier alpha value is -2.91. The van der Waals surface area contributed by atoms with Crippen LogP contribution in [-0.4, -0.2) is 49.5 Å². The van der Waals surface area contributed by atoms with Crippen molar-refractivity contribution in [1.29, 1.82) is 0 Å². The largest absolute Gasteiger partial charge is 0.497 e. The summed E-state index contributed by atoms with van der Waals surface area (Å²) in [4.78, 5) is 24.7. The van der Waals surface area contributed by atoms with E-state index in [1.165, 1.54) is 31.4 Å². The number of esters is 1. The summed E-state index contributed by atoms with van der Waals surface area (Å²) in [6.45, 7) is -0.316. The molecule has 1 N–H and O–H groups in total. The van der Waals surface area contributed by atoms with Crippen LogP contribution in [0.25, 0.3) is 0 Å². The molecule has 0 amide bonds. The van der Waals surface area contributed by atoms with E-state index in [0.717, 1.165) is 29.1 Å². The molecule has 9 heteroatoms. The van der Waals surface area contributed by atoms with Gasteiger partial charge in [-0.25, -0.2) is 8.42 Å². The molecule has 2 aromatic rings. The fraction of sp³-hybridized carbons (Fsp3) is 0.440. The molecule has 34 heavy (non-hydrogen) atoms. The Kier molecular flexibility index (Phi) is 9.06. The number of sulfonamides is 1. The monoisotopic (exact) mass is 489 g/mol. The number of aliphatic carboxylic acids is 1. The Morgan fingerprint density at radius 1 is 1.03 bits per heavy atom. The maximum atomic E-state index is 13.7. The van der Waals surface area contributed by atoms with E-state index in [9.17, 15) is 23.1 Å². The number of benzene rings is 2. The Bertz CT molecular complexity index is 1050. The van der Waals surface area contributed by atoms with Gasteiger partial charge in [0.25, 0.3) is 0 Å². The topological polar surface area (TPSA) is 110 Å². The molecule has 8 nitrogen and oxygen atoms in total. The first-order valence-electron chi connectivity index (χ1n) is 11.4. The number of methoxy groups -OCH3 is 1. The summed E-state index contributed by atoms with van der Waals surface area (Å²) in [6.07, 6.45) is 3.69. The lowest BCUT2D eigenvalue weighted by Gasteiger charge is -2.36. The summed E-state index contributed by atoms with van der Waals surface area (Å²) < 4.78 is 39.1. The first kappa shape index (κ1) is 25.7. The van der Waals surface area contributed by atoms with Crippen LogP contribution >= 0.6 is 0 Å². The first-order chi connectivity index (χ1) is 16.3. The lowest BCUT2D eigenvalue weighted by molar-refractivity contribution is -0.152. The quantitative estimate of drug-likeness (QED) is 0.477. The van der Waals surface area contributed by atoms with Gasteiger partial charge in [0.1, 0.15) is 18.4 Å². The van der Waals surface area contributed by atoms with Gasteiger partial charge in [0.15, 0.2) is 0 Å². The van der Waals surface area contributed by atoms with Crippen LogP contribution in [0, 0.1) is 5.92 Å². The third-order valence-corrected chi connectivity index (χ3v) is 7.98. The first-order valence-corrected chi connectivity index (χ1v) is 12.8. The lowest BCUT2D eigenvalue weighted by Crippen LogP contribution is -2.51. The highest BCUT2D eigenvalue weighted by Crippen LogP contribution is 2.33. The molecule has 0 saturated heterocycles. The molecule has 0 bridgehead atoms. The highest BCUT2D eigenvalue weighted by atomic mass is 32.2. The molecule has 0 aromatic heterocycles. The zero-order valence-corrected chi connectivity index (χ0v) is 20.1. The van der Waals surface area contributed by atoms with Gasteiger partial charge in [-0.15, -0.1) is 0 Å². The third kappa shape index (κ3) is 6.57. The van der Waals surface area contributed by atoms with Crippen molar-refractivity contribution < 1.29 is 32.6 Å². The second kappa shape index (κ2) is 12.0. The number of carbonyl (C=O) groups is 2. The molecule has 3 rings (SSSR count). The van der Waals surface area contributed by atoms with Crippen molar-refractivity contribution in [2.45, 2.75) is 56.1 Å². The van der Waals surface area contributed by atoms with Crippen molar-refractivity contribution in [3.05, 3.63) is 60.2 Å². The maximum Gasteiger partial charge on any atom is 0.325 e. The van der Waals surface area contributed by atoms with Crippen LogP contribution in [0.5, 0.6) is 5.75 Å². The van der Waals surface area contributed by atoms with E-state index in [1.54, 1.807) is 0 Å². The Balaban J connectivity index is 1.96. The molecular formula is C25H31NO7S. The van der Waals surface area contributed by atoms with Crippen LogP contribution < -0.4 is 4.74 Å². The van der Waals surface area contributed by atoms with Crippen LogP contribution in [0.15, 0.2) is 59.5 Å². The van der Waals surface area contributed by atoms with Gasteiger partial charge in [-0.2, -0.15) is 4.31 Å². The SMILES string of the molecule is COc1ccc(S(=O)(=O)N(CCC(=O)O)C(C(=O)OCc2ccccc2)C2CCCCC2)cc1. The van der Waals surface area contributed by atoms with Crippen molar-refractivity contribution in [2.75, 3.05) is 13.7 Å². The fourth-order valence-electron chi connectivity index (χ4n) is 4.31. The summed E-state index contributed by atoms with van der Waals surface area (Å²) in [7, 11) is -2.71. The van der Waals surface area contributed by atoms with E-state index in [-0.39, 0.29) is 24.0 Å². The molecule has 1 aliphatic carbocycles. The molecule has 1 unspecified atom stereocenters. The average molecular weight is 490 g/mol. The minimum Gasteiger partial charge on any atom is -0.497 e. The van der Waals surface area contributed by atoms with Crippen molar-refractivity contribution in [3.63, 3.8) is 0 Å². The molecule has 0 spiro atoms. The molecule has 1 atom stereocenters. The molecule has 0 aliphatic heterocycles. The molecule has 0 heterocycles. The van der Waals surface area contributed by atoms with Gasteiger partial charge in [-0.05, 0) is 48.6 Å². The number of carboxylic acid groups (broad SMARTS) is 1. The summed E-state index contributed by atoms with van der Waals surface area (Å²) in [6, 6.07) is 13.9. The second-order valence-corrected chi connectivity index (χ2v) is 10.3. The van der Waals surface area contributed by atoms with Gasteiger partial charge in [0, 0.05) is 6.54 Å². The van der Waals surface area contributed by atoms with E-state index in [2.05, 4.69) is 0 Å². The predicted octanol–water partition coefficient (Wildman–Crippen LogP) is 3.85. The van der Waals surface area contributed by atoms with Crippen LogP contribution in [-0.2, 0) is 31.0 Å². The zero-order chi connectivity index (χ0) is 24.6. The van der Waals surface area contributed by atoms with Crippen molar-refractivity contribution >= 4 is 22.0 Å². The Morgan fingerprint density at radius 2 is 1.68 bits per heavy atom. The van der Waals surface area contributed by atoms with Crippen LogP contribution in [0.2, 0.25) is 0 Å². The number of nitrogens with zero attached hydrogens (tertiary/aromatic N) is 1. The molecule has 1 saturated carbocycles. The van der Waals surface area contributed by atoms with Gasteiger partial charge in [0.2, 0.25) is 10.0 Å². The molecule has 1 fully saturated rings. The van der Waals surface area contributed by atoms with Gasteiger partial charge in [-0.3, -0.25) is 9.59 Å². The van der Waals surface area contributed by atoms with Crippen LogP contribution in [0.3, 0.4) is 0 Å². The highest BCUT2D eigenvalue weighted by Gasteiger charge is 2.42. The van der Waals surface area contributed by atoms with E-state index >= 15 is 0 Å². The number of carboxylic acids is 1. The third-order valence-electron chi connectivity index (χ3n) is 6.08. The zero-order valence-electron chi connectivity index (χ0n) is 19.3. The lowest BCUT2D eigenvalue weighted by atomic mass is 9.83. The smallest absolute Gasteiger partial charge is 0.325 e. The van der Waals surface area contributed by atoms with E-state index in [1.807, 2.05) is 30.3 Å². The van der Waals surface area contributed by atoms with Crippen LogP contribution in [0.4, 0.5) is 0 Å². The number of hydrogen-bond donors (Lipinski definition) is 1. The summed E-state index contributed by atoms with van der Waals surface area (Å²) in [5, 5.41) is 9.30. The number of carbonyl (C=O) groups excluding carboxylic acids is 1. The van der Waals surface area contributed by atoms with Crippen molar-refractivity contribution in [2.24, 2.45) is 5.92 Å². The molecule has 2 aromatic carbocycles. The number of rotatable bonds is 11. The molecule has 184 valence electrons. The maximum absolute atomic E-state index is 13.7. The van der Waals surface area contributed by atoms with Crippen LogP contribution in [0.1, 0.15) is 44.1 Å². The summed E-state index contributed by atoms with van der Waals surface area (Å²) in [5.41, 5.74) is 0.786. The van der Waals surface area contributed by atoms with Crippen molar-refractivity contribution in [1.82, 2.24) is 4.31 Å². The number of hydrogen-bond acceptors (Lipinski definition) is 6. The average Bonchev–Trinajstić information content (AvgIpc) is 2.86. The number of ether oxygens (including phenoxy) is 2. The normalized spacial score (nSPS) is 15.6. The minimum absolute atomic E-state index is 0.0122. The summed E-state index contributed by atoms with van der Waals surface area (Å²) >= 11 is 0. The highest BCUT2D eigenvalue weighted by molar-refractivity contribution is 7.89. The fourth-order valence-corrected chi connectivity index (χ4v) is 5.95. The summed E-state index contributed by atoms with van der Waals surface area (Å²) in [5.74, 6) is -1.56.